The molecule has 1 atom stereocenters. The Kier molecular flexibility index (Phi) is 6.37. The Labute approximate surface area is 177 Å². The first-order chi connectivity index (χ1) is 14.9. The predicted molar refractivity (Wildman–Crippen MR) is 94.8 cm³/mol. The zero-order chi connectivity index (χ0) is 23.7. The molecule has 13 heteroatoms. The summed E-state index contributed by atoms with van der Waals surface area (Å²) in [4.78, 5) is 25.7. The molecule has 2 heterocycles. The van der Waals surface area contributed by atoms with Crippen molar-refractivity contribution in [2.24, 2.45) is 5.92 Å². The average molecular weight is 465 g/mol. The third kappa shape index (κ3) is 5.32. The molecule has 0 fully saturated rings. The summed E-state index contributed by atoms with van der Waals surface area (Å²) in [7, 11) is 1.17. The van der Waals surface area contributed by atoms with E-state index in [0.29, 0.717) is 17.8 Å². The molecule has 1 aliphatic rings. The number of benzene rings is 1. The zero-order valence-electron chi connectivity index (χ0n) is 16.5. The van der Waals surface area contributed by atoms with Crippen molar-refractivity contribution in [3.05, 3.63) is 52.8 Å². The molecule has 0 aliphatic carbocycles. The van der Waals surface area contributed by atoms with E-state index in [1.165, 1.54) is 18.0 Å². The highest BCUT2D eigenvalue weighted by molar-refractivity contribution is 5.74. The summed E-state index contributed by atoms with van der Waals surface area (Å²) >= 11 is 0. The Morgan fingerprint density at radius 1 is 1.06 bits per heavy atom. The van der Waals surface area contributed by atoms with E-state index in [9.17, 15) is 35.9 Å². The van der Waals surface area contributed by atoms with Gasteiger partial charge in [-0.15, -0.1) is 0 Å². The van der Waals surface area contributed by atoms with Crippen LogP contribution in [0.5, 0.6) is 0 Å². The molecule has 174 valence electrons. The third-order valence-electron chi connectivity index (χ3n) is 4.79. The van der Waals surface area contributed by atoms with Crippen LogP contribution in [0.15, 0.2) is 30.5 Å². The number of hydrogen-bond donors (Lipinski definition) is 0. The topological polar surface area (TPSA) is 73.7 Å². The quantitative estimate of drug-likeness (QED) is 0.509. The van der Waals surface area contributed by atoms with Crippen molar-refractivity contribution in [3.63, 3.8) is 0 Å². The first-order valence-corrected chi connectivity index (χ1v) is 9.17. The highest BCUT2D eigenvalue weighted by atomic mass is 19.4. The van der Waals surface area contributed by atoms with Crippen molar-refractivity contribution in [1.82, 2.24) is 14.7 Å². The second-order valence-corrected chi connectivity index (χ2v) is 7.07. The second kappa shape index (κ2) is 8.71. The molecule has 7 nitrogen and oxygen atoms in total. The Hall–Kier alpha value is -3.25. The van der Waals surface area contributed by atoms with Crippen LogP contribution in [0.25, 0.3) is 0 Å². The monoisotopic (exact) mass is 465 g/mol. The highest BCUT2D eigenvalue weighted by Crippen LogP contribution is 2.36. The van der Waals surface area contributed by atoms with E-state index in [-0.39, 0.29) is 25.7 Å². The highest BCUT2D eigenvalue weighted by Gasteiger charge is 2.37. The van der Waals surface area contributed by atoms with Gasteiger partial charge in [0, 0.05) is 12.7 Å². The maximum absolute atomic E-state index is 13.0. The van der Waals surface area contributed by atoms with Crippen molar-refractivity contribution in [2.45, 2.75) is 32.0 Å². The summed E-state index contributed by atoms with van der Waals surface area (Å²) in [6.07, 6.45) is -9.59. The van der Waals surface area contributed by atoms with E-state index in [2.05, 4.69) is 5.10 Å². The van der Waals surface area contributed by atoms with Crippen molar-refractivity contribution in [1.29, 1.82) is 0 Å². The Balaban J connectivity index is 1.79. The molecule has 2 aromatic rings. The molecule has 0 spiro atoms. The molecule has 0 N–H and O–H groups in total. The number of fused-ring (bicyclic) bond motifs is 1. The molecule has 1 aliphatic heterocycles. The maximum Gasteiger partial charge on any atom is 0.416 e. The molecule has 0 radical (unpaired) electrons. The molecule has 0 bridgehead atoms. The number of amides is 1. The van der Waals surface area contributed by atoms with E-state index >= 15 is 0 Å². The number of carbonyl (C=O) groups is 2. The number of halogens is 6. The lowest BCUT2D eigenvalue weighted by molar-refractivity contribution is -0.146. The number of methoxy groups -OCH3 is 1. The number of ether oxygens (including phenoxy) is 2. The van der Waals surface area contributed by atoms with Crippen LogP contribution in [-0.4, -0.2) is 40.4 Å². The lowest BCUT2D eigenvalue weighted by Gasteiger charge is -2.22. The Morgan fingerprint density at radius 2 is 1.69 bits per heavy atom. The van der Waals surface area contributed by atoms with Gasteiger partial charge in [-0.25, -0.2) is 4.79 Å². The number of aromatic nitrogens is 2. The normalized spacial score (nSPS) is 16.8. The van der Waals surface area contributed by atoms with Gasteiger partial charge in [-0.3, -0.25) is 9.48 Å². The van der Waals surface area contributed by atoms with Gasteiger partial charge in [-0.1, -0.05) is 0 Å². The van der Waals surface area contributed by atoms with Gasteiger partial charge in [-0.05, 0) is 29.8 Å². The number of hydrogen-bond acceptors (Lipinski definition) is 5. The molecule has 1 unspecified atom stereocenters. The molecular weight excluding hydrogens is 448 g/mol. The standard InChI is InChI=1S/C19H17F6N3O4/c1-31-16(29)12-7-27(9-15-2-3-26-28(15)8-12)17(30)32-10-11-4-13(18(20,21)22)6-14(5-11)19(23,24)25/h2-6,12H,7-10H2,1H3. The van der Waals surface area contributed by atoms with Gasteiger partial charge in [0.2, 0.25) is 0 Å². The van der Waals surface area contributed by atoms with E-state index in [1.807, 2.05) is 0 Å². The van der Waals surface area contributed by atoms with E-state index in [0.717, 1.165) is 4.90 Å². The van der Waals surface area contributed by atoms with E-state index < -0.39 is 53.6 Å². The van der Waals surface area contributed by atoms with Crippen LogP contribution >= 0.6 is 0 Å². The minimum atomic E-state index is -5.02. The fourth-order valence-electron chi connectivity index (χ4n) is 3.25. The number of rotatable bonds is 3. The van der Waals surface area contributed by atoms with Gasteiger partial charge in [0.1, 0.15) is 6.61 Å². The number of alkyl halides is 6. The molecular formula is C19H17F6N3O4. The number of carbonyl (C=O) groups excluding carboxylic acids is 2. The summed E-state index contributed by atoms with van der Waals surface area (Å²) < 4.78 is 89.2. The maximum atomic E-state index is 13.0. The summed E-state index contributed by atoms with van der Waals surface area (Å²) in [5, 5.41) is 4.05. The zero-order valence-corrected chi connectivity index (χ0v) is 16.5. The van der Waals surface area contributed by atoms with Crippen LogP contribution in [0.3, 0.4) is 0 Å². The van der Waals surface area contributed by atoms with Crippen molar-refractivity contribution in [2.75, 3.05) is 13.7 Å². The molecule has 1 amide bonds. The molecule has 1 aromatic heterocycles. The number of esters is 1. The largest absolute Gasteiger partial charge is 0.469 e. The van der Waals surface area contributed by atoms with Gasteiger partial charge >= 0.3 is 24.4 Å². The van der Waals surface area contributed by atoms with Gasteiger partial charge in [0.25, 0.3) is 0 Å². The predicted octanol–water partition coefficient (Wildman–Crippen LogP) is 3.86. The summed E-state index contributed by atoms with van der Waals surface area (Å²) in [6.45, 7) is -0.861. The molecule has 3 rings (SSSR count). The van der Waals surface area contributed by atoms with E-state index in [4.69, 9.17) is 9.47 Å². The van der Waals surface area contributed by atoms with Gasteiger partial charge in [-0.2, -0.15) is 31.4 Å². The Morgan fingerprint density at radius 3 is 2.25 bits per heavy atom. The SMILES string of the molecule is COC(=O)C1CN(C(=O)OCc2cc(C(F)(F)F)cc(C(F)(F)F)c2)Cc2ccnn2C1. The lowest BCUT2D eigenvalue weighted by Crippen LogP contribution is -2.37. The lowest BCUT2D eigenvalue weighted by atomic mass is 10.1. The van der Waals surface area contributed by atoms with Crippen LogP contribution in [0, 0.1) is 5.92 Å². The molecule has 1 aromatic carbocycles. The Bertz CT molecular complexity index is 969. The minimum absolute atomic E-state index is 0.0117. The van der Waals surface area contributed by atoms with Crippen LogP contribution in [-0.2, 0) is 46.3 Å². The molecule has 0 saturated carbocycles. The number of nitrogens with zero attached hydrogens (tertiary/aromatic N) is 3. The van der Waals surface area contributed by atoms with Crippen LogP contribution in [0.4, 0.5) is 31.1 Å². The fraction of sp³-hybridized carbons (Fsp3) is 0.421. The molecule has 32 heavy (non-hydrogen) atoms. The van der Waals surface area contributed by atoms with Crippen molar-refractivity contribution in [3.8, 4) is 0 Å². The van der Waals surface area contributed by atoms with Crippen molar-refractivity contribution < 1.29 is 45.4 Å². The summed E-state index contributed by atoms with van der Waals surface area (Å²) in [5.41, 5.74) is -2.94. The summed E-state index contributed by atoms with van der Waals surface area (Å²) in [5.74, 6) is -1.40. The average Bonchev–Trinajstić information content (AvgIpc) is 3.07. The first kappa shape index (κ1) is 23.4. The summed E-state index contributed by atoms with van der Waals surface area (Å²) in [6, 6.07) is 2.55. The van der Waals surface area contributed by atoms with Crippen LogP contribution in [0.1, 0.15) is 22.4 Å². The van der Waals surface area contributed by atoms with Gasteiger partial charge < -0.3 is 14.4 Å². The van der Waals surface area contributed by atoms with Crippen LogP contribution < -0.4 is 0 Å². The first-order valence-electron chi connectivity index (χ1n) is 9.17. The van der Waals surface area contributed by atoms with Gasteiger partial charge in [0.05, 0.1) is 42.9 Å². The van der Waals surface area contributed by atoms with Crippen LogP contribution in [0.2, 0.25) is 0 Å². The second-order valence-electron chi connectivity index (χ2n) is 7.07. The van der Waals surface area contributed by atoms with Crippen molar-refractivity contribution >= 4 is 12.1 Å². The molecule has 0 saturated heterocycles. The van der Waals surface area contributed by atoms with E-state index in [1.54, 1.807) is 6.07 Å². The minimum Gasteiger partial charge on any atom is -0.469 e. The smallest absolute Gasteiger partial charge is 0.416 e. The fourth-order valence-corrected chi connectivity index (χ4v) is 3.25. The van der Waals surface area contributed by atoms with Gasteiger partial charge in [0.15, 0.2) is 0 Å². The third-order valence-corrected chi connectivity index (χ3v) is 4.79.